The predicted molar refractivity (Wildman–Crippen MR) is 194 cm³/mol. The van der Waals surface area contributed by atoms with Gasteiger partial charge in [-0.2, -0.15) is 0 Å². The Kier molecular flexibility index (Phi) is 24.6. The summed E-state index contributed by atoms with van der Waals surface area (Å²) >= 11 is 0. The van der Waals surface area contributed by atoms with Crippen molar-refractivity contribution in [2.75, 3.05) is 19.8 Å². The zero-order valence-corrected chi connectivity index (χ0v) is 31.6. The Labute approximate surface area is 310 Å². The van der Waals surface area contributed by atoms with Crippen LogP contribution in [0.5, 0.6) is 0 Å². The van der Waals surface area contributed by atoms with Crippen LogP contribution in [0.3, 0.4) is 0 Å². The van der Waals surface area contributed by atoms with Crippen molar-refractivity contribution >= 4 is 5.91 Å². The summed E-state index contributed by atoms with van der Waals surface area (Å²) in [5, 5.41) is 85.8. The monoisotopic (exact) mass is 749 g/mol. The van der Waals surface area contributed by atoms with Crippen molar-refractivity contribution in [2.45, 2.75) is 203 Å². The highest BCUT2D eigenvalue weighted by Crippen LogP contribution is 2.29. The fourth-order valence-corrected chi connectivity index (χ4v) is 6.58. The first-order valence-electron chi connectivity index (χ1n) is 19.9. The number of aliphatic hydroxyl groups excluding tert-OH is 8. The number of nitrogens with one attached hydrogen (secondary N) is 1. The molecule has 0 aromatic heterocycles. The number of rotatable bonds is 28. The molecule has 0 bridgehead atoms. The molecule has 12 unspecified atom stereocenters. The Morgan fingerprint density at radius 2 is 1.19 bits per heavy atom. The highest BCUT2D eigenvalue weighted by molar-refractivity contribution is 5.76. The SMILES string of the molecule is CCCCCC/C=C/C(O)C(COC1OC(CO)C(OC2OC(CO)C(O)C(O)C2O)C(O)C1O)NC(=O)CCCCCCCCCCCCCC. The van der Waals surface area contributed by atoms with Crippen LogP contribution in [0.4, 0.5) is 0 Å². The summed E-state index contributed by atoms with van der Waals surface area (Å²) in [5.41, 5.74) is 0. The van der Waals surface area contributed by atoms with Gasteiger partial charge in [-0.3, -0.25) is 4.79 Å². The van der Waals surface area contributed by atoms with Gasteiger partial charge in [0.2, 0.25) is 5.91 Å². The van der Waals surface area contributed by atoms with Crippen LogP contribution in [-0.2, 0) is 23.7 Å². The zero-order chi connectivity index (χ0) is 38.3. The number of unbranched alkanes of at least 4 members (excludes halogenated alkanes) is 15. The highest BCUT2D eigenvalue weighted by Gasteiger charge is 2.50. The first-order chi connectivity index (χ1) is 25.1. The van der Waals surface area contributed by atoms with Crippen LogP contribution in [0.25, 0.3) is 0 Å². The molecule has 12 atom stereocenters. The van der Waals surface area contributed by atoms with E-state index in [1.165, 1.54) is 51.4 Å². The molecule has 1 amide bonds. The number of ether oxygens (including phenoxy) is 4. The van der Waals surface area contributed by atoms with Crippen LogP contribution in [-0.4, -0.2) is 140 Å². The van der Waals surface area contributed by atoms with E-state index in [0.717, 1.165) is 51.4 Å². The van der Waals surface area contributed by atoms with Crippen LogP contribution < -0.4 is 5.32 Å². The number of aliphatic hydroxyl groups is 8. The van der Waals surface area contributed by atoms with Crippen LogP contribution in [0.1, 0.15) is 129 Å². The van der Waals surface area contributed by atoms with Crippen molar-refractivity contribution in [1.29, 1.82) is 0 Å². The molecule has 2 heterocycles. The third-order valence-electron chi connectivity index (χ3n) is 9.97. The number of hydrogen-bond donors (Lipinski definition) is 9. The second-order valence-electron chi connectivity index (χ2n) is 14.4. The summed E-state index contributed by atoms with van der Waals surface area (Å²) in [4.78, 5) is 12.9. The summed E-state index contributed by atoms with van der Waals surface area (Å²) in [5.74, 6) is -0.248. The van der Waals surface area contributed by atoms with Gasteiger partial charge in [-0.15, -0.1) is 0 Å². The molecule has 2 saturated heterocycles. The second-order valence-corrected chi connectivity index (χ2v) is 14.4. The maximum atomic E-state index is 12.9. The van der Waals surface area contributed by atoms with Crippen LogP contribution >= 0.6 is 0 Å². The van der Waals surface area contributed by atoms with Gasteiger partial charge in [-0.1, -0.05) is 116 Å². The van der Waals surface area contributed by atoms with Gasteiger partial charge in [0.25, 0.3) is 0 Å². The lowest BCUT2D eigenvalue weighted by atomic mass is 9.97. The lowest BCUT2D eigenvalue weighted by molar-refractivity contribution is -0.359. The number of amides is 1. The topological polar surface area (TPSA) is 228 Å². The molecule has 0 saturated carbocycles. The van der Waals surface area contributed by atoms with Gasteiger partial charge in [0, 0.05) is 6.42 Å². The lowest BCUT2D eigenvalue weighted by Gasteiger charge is -2.46. The number of hydrogen-bond acceptors (Lipinski definition) is 13. The number of allylic oxidation sites excluding steroid dienone is 1. The van der Waals surface area contributed by atoms with Crippen molar-refractivity contribution in [3.63, 3.8) is 0 Å². The van der Waals surface area contributed by atoms with E-state index in [1.807, 2.05) is 6.08 Å². The standard InChI is InChI=1S/C38H71NO13/c1-3-5-7-9-11-12-13-14-15-16-18-20-22-30(43)39-26(27(42)21-19-17-10-8-6-4-2)25-49-37-35(48)33(46)36(29(24-41)51-37)52-38-34(47)32(45)31(44)28(23-40)50-38/h19,21,26-29,31-38,40-42,44-48H,3-18,20,22-25H2,1-2H3,(H,39,43)/b21-19+. The summed E-state index contributed by atoms with van der Waals surface area (Å²) < 4.78 is 22.5. The molecule has 0 aromatic rings. The maximum Gasteiger partial charge on any atom is 0.220 e. The number of carbonyl (C=O) groups excluding carboxylic acids is 1. The Morgan fingerprint density at radius 1 is 0.673 bits per heavy atom. The van der Waals surface area contributed by atoms with E-state index in [4.69, 9.17) is 18.9 Å². The smallest absolute Gasteiger partial charge is 0.220 e. The molecular weight excluding hydrogens is 678 g/mol. The third-order valence-corrected chi connectivity index (χ3v) is 9.97. The minimum Gasteiger partial charge on any atom is -0.394 e. The Morgan fingerprint density at radius 3 is 1.77 bits per heavy atom. The molecule has 0 radical (unpaired) electrons. The average Bonchev–Trinajstić information content (AvgIpc) is 3.14. The molecular formula is C38H71NO13. The third kappa shape index (κ3) is 16.6. The quantitative estimate of drug-likeness (QED) is 0.0413. The zero-order valence-electron chi connectivity index (χ0n) is 31.6. The Balaban J connectivity index is 1.92. The molecule has 2 fully saturated rings. The van der Waals surface area contributed by atoms with Crippen LogP contribution in [0.2, 0.25) is 0 Å². The molecule has 2 aliphatic rings. The van der Waals surface area contributed by atoms with Gasteiger partial charge < -0.3 is 65.1 Å². The van der Waals surface area contributed by atoms with E-state index in [-0.39, 0.29) is 18.9 Å². The first-order valence-corrected chi connectivity index (χ1v) is 19.9. The summed E-state index contributed by atoms with van der Waals surface area (Å²) in [6.07, 6.45) is 5.99. The molecule has 0 spiro atoms. The van der Waals surface area contributed by atoms with Crippen molar-refractivity contribution in [2.24, 2.45) is 0 Å². The van der Waals surface area contributed by atoms with Crippen LogP contribution in [0, 0.1) is 0 Å². The average molecular weight is 750 g/mol. The molecule has 2 aliphatic heterocycles. The largest absolute Gasteiger partial charge is 0.394 e. The molecule has 306 valence electrons. The summed E-state index contributed by atoms with van der Waals surface area (Å²) in [6.45, 7) is 2.65. The van der Waals surface area contributed by atoms with E-state index < -0.39 is 86.8 Å². The van der Waals surface area contributed by atoms with Gasteiger partial charge >= 0.3 is 0 Å². The minimum absolute atomic E-state index is 0.248. The fourth-order valence-electron chi connectivity index (χ4n) is 6.58. The van der Waals surface area contributed by atoms with Gasteiger partial charge in [0.1, 0.15) is 48.8 Å². The molecule has 0 aromatic carbocycles. The fraction of sp³-hybridized carbons (Fsp3) is 0.921. The molecule has 14 nitrogen and oxygen atoms in total. The second kappa shape index (κ2) is 27.3. The van der Waals surface area contributed by atoms with E-state index in [1.54, 1.807) is 6.08 Å². The van der Waals surface area contributed by atoms with Crippen molar-refractivity contribution in [3.05, 3.63) is 12.2 Å². The number of carbonyl (C=O) groups is 1. The molecule has 2 rings (SSSR count). The van der Waals surface area contributed by atoms with Gasteiger partial charge in [0.15, 0.2) is 12.6 Å². The van der Waals surface area contributed by atoms with E-state index >= 15 is 0 Å². The van der Waals surface area contributed by atoms with Gasteiger partial charge in [-0.25, -0.2) is 0 Å². The summed E-state index contributed by atoms with van der Waals surface area (Å²) in [7, 11) is 0. The van der Waals surface area contributed by atoms with E-state index in [9.17, 15) is 45.6 Å². The molecule has 9 N–H and O–H groups in total. The van der Waals surface area contributed by atoms with Crippen molar-refractivity contribution in [3.8, 4) is 0 Å². The lowest BCUT2D eigenvalue weighted by Crippen LogP contribution is -2.65. The molecule has 14 heteroatoms. The van der Waals surface area contributed by atoms with Gasteiger partial charge in [0.05, 0.1) is 32.0 Å². The van der Waals surface area contributed by atoms with E-state index in [2.05, 4.69) is 19.2 Å². The first kappa shape index (κ1) is 46.9. The van der Waals surface area contributed by atoms with Crippen molar-refractivity contribution in [1.82, 2.24) is 5.32 Å². The van der Waals surface area contributed by atoms with Crippen LogP contribution in [0.15, 0.2) is 12.2 Å². The minimum atomic E-state index is -1.78. The Hall–Kier alpha value is -1.27. The molecule has 52 heavy (non-hydrogen) atoms. The normalized spacial score (nSPS) is 30.8. The van der Waals surface area contributed by atoms with Gasteiger partial charge in [-0.05, 0) is 19.3 Å². The van der Waals surface area contributed by atoms with E-state index in [0.29, 0.717) is 6.42 Å². The molecule has 0 aliphatic carbocycles. The highest BCUT2D eigenvalue weighted by atomic mass is 16.7. The maximum absolute atomic E-state index is 12.9. The Bertz CT molecular complexity index is 941. The predicted octanol–water partition coefficient (Wildman–Crippen LogP) is 2.09. The summed E-state index contributed by atoms with van der Waals surface area (Å²) in [6, 6.07) is -0.902. The van der Waals surface area contributed by atoms with Crippen molar-refractivity contribution < 1.29 is 64.6 Å².